The lowest BCUT2D eigenvalue weighted by Crippen LogP contribution is -2.51. The highest BCUT2D eigenvalue weighted by molar-refractivity contribution is 5.80. The van der Waals surface area contributed by atoms with Crippen molar-refractivity contribution in [2.45, 2.75) is 19.4 Å². The van der Waals surface area contributed by atoms with Crippen LogP contribution in [-0.2, 0) is 4.79 Å². The van der Waals surface area contributed by atoms with Crippen LogP contribution in [0, 0.1) is 5.82 Å². The average Bonchev–Trinajstić information content (AvgIpc) is 2.53. The SMILES string of the molecule is CC(O)C(=O)N1CCN(CCCOc2ccc(F)cc2)CC1. The number of rotatable bonds is 6. The van der Waals surface area contributed by atoms with Gasteiger partial charge in [-0.1, -0.05) is 0 Å². The monoisotopic (exact) mass is 310 g/mol. The Balaban J connectivity index is 1.61. The summed E-state index contributed by atoms with van der Waals surface area (Å²) in [4.78, 5) is 15.6. The fraction of sp³-hybridized carbons (Fsp3) is 0.562. The first-order chi connectivity index (χ1) is 10.6. The third kappa shape index (κ3) is 4.96. The average molecular weight is 310 g/mol. The number of carbonyl (C=O) groups is 1. The highest BCUT2D eigenvalue weighted by Crippen LogP contribution is 2.11. The fourth-order valence-electron chi connectivity index (χ4n) is 2.47. The van der Waals surface area contributed by atoms with Gasteiger partial charge in [-0.15, -0.1) is 0 Å². The number of amides is 1. The van der Waals surface area contributed by atoms with Gasteiger partial charge >= 0.3 is 0 Å². The van der Waals surface area contributed by atoms with Gasteiger partial charge in [-0.3, -0.25) is 9.69 Å². The molecule has 1 aliphatic rings. The van der Waals surface area contributed by atoms with Crippen LogP contribution in [0.1, 0.15) is 13.3 Å². The molecule has 1 saturated heterocycles. The molecule has 0 aromatic heterocycles. The van der Waals surface area contributed by atoms with E-state index in [9.17, 15) is 14.3 Å². The van der Waals surface area contributed by atoms with Crippen LogP contribution in [-0.4, -0.2) is 66.2 Å². The number of ether oxygens (including phenoxy) is 1. The summed E-state index contributed by atoms with van der Waals surface area (Å²) in [6.07, 6.45) is -0.0440. The van der Waals surface area contributed by atoms with E-state index >= 15 is 0 Å². The predicted molar refractivity (Wildman–Crippen MR) is 81.2 cm³/mol. The summed E-state index contributed by atoms with van der Waals surface area (Å²) < 4.78 is 18.3. The molecule has 5 nitrogen and oxygen atoms in total. The van der Waals surface area contributed by atoms with Crippen molar-refractivity contribution >= 4 is 5.91 Å². The molecule has 1 aliphatic heterocycles. The maximum atomic E-state index is 12.8. The van der Waals surface area contributed by atoms with E-state index in [-0.39, 0.29) is 11.7 Å². The van der Waals surface area contributed by atoms with E-state index in [4.69, 9.17) is 4.74 Å². The molecule has 1 heterocycles. The van der Waals surface area contributed by atoms with E-state index in [1.54, 1.807) is 17.0 Å². The Morgan fingerprint density at radius 1 is 1.27 bits per heavy atom. The zero-order valence-electron chi connectivity index (χ0n) is 12.9. The van der Waals surface area contributed by atoms with Gasteiger partial charge in [-0.25, -0.2) is 4.39 Å². The number of hydrogen-bond donors (Lipinski definition) is 1. The Kier molecular flexibility index (Phi) is 6.15. The zero-order chi connectivity index (χ0) is 15.9. The van der Waals surface area contributed by atoms with Crippen LogP contribution in [0.25, 0.3) is 0 Å². The number of halogens is 1. The first-order valence-electron chi connectivity index (χ1n) is 7.64. The first-order valence-corrected chi connectivity index (χ1v) is 7.64. The Morgan fingerprint density at radius 2 is 1.91 bits per heavy atom. The molecule has 122 valence electrons. The minimum Gasteiger partial charge on any atom is -0.494 e. The number of nitrogens with zero attached hydrogens (tertiary/aromatic N) is 2. The standard InChI is InChI=1S/C16H23FN2O3/c1-13(20)16(21)19-10-8-18(9-11-19)7-2-12-22-15-5-3-14(17)4-6-15/h3-6,13,20H,2,7-12H2,1H3. The van der Waals surface area contributed by atoms with Crippen molar-refractivity contribution in [1.29, 1.82) is 0 Å². The van der Waals surface area contributed by atoms with Gasteiger partial charge in [-0.2, -0.15) is 0 Å². The summed E-state index contributed by atoms with van der Waals surface area (Å²) in [5.41, 5.74) is 0. The van der Waals surface area contributed by atoms with Crippen molar-refractivity contribution in [3.63, 3.8) is 0 Å². The molecule has 22 heavy (non-hydrogen) atoms. The number of benzene rings is 1. The molecule has 1 unspecified atom stereocenters. The largest absolute Gasteiger partial charge is 0.494 e. The molecule has 1 aromatic rings. The lowest BCUT2D eigenvalue weighted by atomic mass is 10.2. The van der Waals surface area contributed by atoms with Crippen LogP contribution in [0.15, 0.2) is 24.3 Å². The van der Waals surface area contributed by atoms with Gasteiger partial charge in [0.05, 0.1) is 6.61 Å². The predicted octanol–water partition coefficient (Wildman–Crippen LogP) is 1.12. The maximum absolute atomic E-state index is 12.8. The van der Waals surface area contributed by atoms with Gasteiger partial charge in [0.1, 0.15) is 17.7 Å². The quantitative estimate of drug-likeness (QED) is 0.800. The third-order valence-electron chi connectivity index (χ3n) is 3.74. The van der Waals surface area contributed by atoms with E-state index in [1.807, 2.05) is 0 Å². The molecule has 0 radical (unpaired) electrons. The van der Waals surface area contributed by atoms with Crippen LogP contribution in [0.2, 0.25) is 0 Å². The summed E-state index contributed by atoms with van der Waals surface area (Å²) in [7, 11) is 0. The Labute approximate surface area is 130 Å². The molecule has 1 atom stereocenters. The van der Waals surface area contributed by atoms with Crippen LogP contribution in [0.3, 0.4) is 0 Å². The zero-order valence-corrected chi connectivity index (χ0v) is 12.9. The van der Waals surface area contributed by atoms with Crippen LogP contribution in [0.4, 0.5) is 4.39 Å². The Bertz CT molecular complexity index is 471. The second-order valence-electron chi connectivity index (χ2n) is 5.50. The fourth-order valence-corrected chi connectivity index (χ4v) is 2.47. The summed E-state index contributed by atoms with van der Waals surface area (Å²) in [5.74, 6) is 0.213. The number of carbonyl (C=O) groups excluding carboxylic acids is 1. The van der Waals surface area contributed by atoms with Crippen LogP contribution in [0.5, 0.6) is 5.75 Å². The van der Waals surface area contributed by atoms with E-state index in [0.717, 1.165) is 26.1 Å². The Hall–Kier alpha value is -1.66. The van der Waals surface area contributed by atoms with Crippen molar-refractivity contribution in [3.05, 3.63) is 30.1 Å². The number of aliphatic hydroxyl groups excluding tert-OH is 1. The normalized spacial score (nSPS) is 17.3. The van der Waals surface area contributed by atoms with Crippen LogP contribution < -0.4 is 4.74 Å². The molecule has 0 aliphatic carbocycles. The van der Waals surface area contributed by atoms with E-state index in [2.05, 4.69) is 4.90 Å². The first kappa shape index (κ1) is 16.7. The molecule has 1 fully saturated rings. The minimum atomic E-state index is -0.921. The number of piperazine rings is 1. The summed E-state index contributed by atoms with van der Waals surface area (Å²) in [5, 5.41) is 9.29. The Morgan fingerprint density at radius 3 is 2.50 bits per heavy atom. The van der Waals surface area contributed by atoms with Gasteiger partial charge in [0.25, 0.3) is 5.91 Å². The molecular formula is C16H23FN2O3. The molecular weight excluding hydrogens is 287 g/mol. The molecule has 6 heteroatoms. The molecule has 0 spiro atoms. The topological polar surface area (TPSA) is 53.0 Å². The van der Waals surface area contributed by atoms with Gasteiger partial charge in [-0.05, 0) is 37.6 Å². The van der Waals surface area contributed by atoms with Gasteiger partial charge in [0.15, 0.2) is 0 Å². The van der Waals surface area contributed by atoms with E-state index in [0.29, 0.717) is 25.4 Å². The maximum Gasteiger partial charge on any atom is 0.251 e. The van der Waals surface area contributed by atoms with Crippen molar-refractivity contribution in [2.24, 2.45) is 0 Å². The van der Waals surface area contributed by atoms with Crippen molar-refractivity contribution in [2.75, 3.05) is 39.3 Å². The summed E-state index contributed by atoms with van der Waals surface area (Å²) in [6, 6.07) is 6.01. The second-order valence-corrected chi connectivity index (χ2v) is 5.50. The summed E-state index contributed by atoms with van der Waals surface area (Å²) in [6.45, 7) is 5.92. The third-order valence-corrected chi connectivity index (χ3v) is 3.74. The molecule has 1 amide bonds. The summed E-state index contributed by atoms with van der Waals surface area (Å²) >= 11 is 0. The smallest absolute Gasteiger partial charge is 0.251 e. The highest BCUT2D eigenvalue weighted by Gasteiger charge is 2.23. The van der Waals surface area contributed by atoms with Gasteiger partial charge in [0.2, 0.25) is 0 Å². The number of aliphatic hydroxyl groups is 1. The molecule has 0 bridgehead atoms. The second kappa shape index (κ2) is 8.10. The highest BCUT2D eigenvalue weighted by atomic mass is 19.1. The molecule has 0 saturated carbocycles. The molecule has 1 N–H and O–H groups in total. The van der Waals surface area contributed by atoms with Gasteiger partial charge < -0.3 is 14.7 Å². The van der Waals surface area contributed by atoms with E-state index < -0.39 is 6.10 Å². The van der Waals surface area contributed by atoms with Crippen molar-refractivity contribution in [3.8, 4) is 5.75 Å². The number of hydrogen-bond acceptors (Lipinski definition) is 4. The minimum absolute atomic E-state index is 0.195. The van der Waals surface area contributed by atoms with Crippen LogP contribution >= 0.6 is 0 Å². The van der Waals surface area contributed by atoms with Crippen molar-refractivity contribution < 1.29 is 19.0 Å². The van der Waals surface area contributed by atoms with Gasteiger partial charge in [0, 0.05) is 32.7 Å². The van der Waals surface area contributed by atoms with E-state index in [1.165, 1.54) is 19.1 Å². The lowest BCUT2D eigenvalue weighted by molar-refractivity contribution is -0.141. The van der Waals surface area contributed by atoms with Crippen molar-refractivity contribution in [1.82, 2.24) is 9.80 Å². The lowest BCUT2D eigenvalue weighted by Gasteiger charge is -2.35. The molecule has 1 aromatic carbocycles. The molecule has 2 rings (SSSR count).